The molecule has 0 saturated carbocycles. The molecule has 0 aliphatic carbocycles. The predicted molar refractivity (Wildman–Crippen MR) is 86.8 cm³/mol. The van der Waals surface area contributed by atoms with Crippen molar-refractivity contribution in [2.24, 2.45) is 0 Å². The van der Waals surface area contributed by atoms with Crippen LogP contribution in [0.1, 0.15) is 37.0 Å². The molecular formula is C15H19ClN4O. The van der Waals surface area contributed by atoms with Crippen molar-refractivity contribution in [3.63, 3.8) is 0 Å². The third kappa shape index (κ3) is 4.43. The largest absolute Gasteiger partial charge is 0.399 e. The van der Waals surface area contributed by atoms with Gasteiger partial charge < -0.3 is 11.1 Å². The number of carbonyl (C=O) groups excluding carboxylic acids is 1. The second-order valence-corrected chi connectivity index (χ2v) is 5.62. The second-order valence-electron chi connectivity index (χ2n) is 5.62. The van der Waals surface area contributed by atoms with Crippen LogP contribution in [0.5, 0.6) is 0 Å². The molecule has 0 aliphatic heterocycles. The van der Waals surface area contributed by atoms with Crippen LogP contribution in [-0.4, -0.2) is 15.9 Å². The number of hydrogen-bond donors (Lipinski definition) is 2. The Morgan fingerprint density at radius 3 is 2.10 bits per heavy atom. The highest BCUT2D eigenvalue weighted by Crippen LogP contribution is 2.18. The molecular weight excluding hydrogens is 288 g/mol. The highest BCUT2D eigenvalue weighted by Gasteiger charge is 2.17. The number of rotatable bonds is 2. The fourth-order valence-electron chi connectivity index (χ4n) is 1.62. The van der Waals surface area contributed by atoms with Gasteiger partial charge in [-0.15, -0.1) is 12.4 Å². The Hall–Kier alpha value is -2.14. The van der Waals surface area contributed by atoms with E-state index in [2.05, 4.69) is 15.3 Å². The Morgan fingerprint density at radius 1 is 1.10 bits per heavy atom. The SMILES string of the molecule is CC(C)(C)c1ncc(NC(=O)c2ccc(N)cc2)cn1.Cl. The van der Waals surface area contributed by atoms with E-state index in [-0.39, 0.29) is 23.7 Å². The van der Waals surface area contributed by atoms with Crippen molar-refractivity contribution in [3.05, 3.63) is 48.0 Å². The van der Waals surface area contributed by atoms with E-state index >= 15 is 0 Å². The van der Waals surface area contributed by atoms with Crippen molar-refractivity contribution in [1.29, 1.82) is 0 Å². The summed E-state index contributed by atoms with van der Waals surface area (Å²) >= 11 is 0. The van der Waals surface area contributed by atoms with Gasteiger partial charge in [0.2, 0.25) is 0 Å². The van der Waals surface area contributed by atoms with E-state index in [1.807, 2.05) is 20.8 Å². The van der Waals surface area contributed by atoms with E-state index in [9.17, 15) is 4.79 Å². The molecule has 0 fully saturated rings. The molecule has 0 unspecified atom stereocenters. The topological polar surface area (TPSA) is 80.9 Å². The number of amides is 1. The summed E-state index contributed by atoms with van der Waals surface area (Å²) in [4.78, 5) is 20.5. The smallest absolute Gasteiger partial charge is 0.255 e. The van der Waals surface area contributed by atoms with Crippen LogP contribution in [0.15, 0.2) is 36.7 Å². The van der Waals surface area contributed by atoms with E-state index in [0.29, 0.717) is 16.9 Å². The minimum Gasteiger partial charge on any atom is -0.399 e. The monoisotopic (exact) mass is 306 g/mol. The molecule has 0 atom stereocenters. The van der Waals surface area contributed by atoms with Gasteiger partial charge in [-0.25, -0.2) is 9.97 Å². The number of nitrogens with one attached hydrogen (secondary N) is 1. The maximum absolute atomic E-state index is 12.0. The molecule has 2 rings (SSSR count). The van der Waals surface area contributed by atoms with Crippen LogP contribution in [0.4, 0.5) is 11.4 Å². The standard InChI is InChI=1S/C15H18N4O.ClH/c1-15(2,3)14-17-8-12(9-18-14)19-13(20)10-4-6-11(16)7-5-10;/h4-9H,16H2,1-3H3,(H,19,20);1H. The fourth-order valence-corrected chi connectivity index (χ4v) is 1.62. The molecule has 0 saturated heterocycles. The lowest BCUT2D eigenvalue weighted by Gasteiger charge is -2.16. The first-order valence-corrected chi connectivity index (χ1v) is 6.36. The highest BCUT2D eigenvalue weighted by molar-refractivity contribution is 6.04. The lowest BCUT2D eigenvalue weighted by molar-refractivity contribution is 0.102. The van der Waals surface area contributed by atoms with Gasteiger partial charge in [0.25, 0.3) is 5.91 Å². The first-order chi connectivity index (χ1) is 9.36. The van der Waals surface area contributed by atoms with Crippen LogP contribution in [-0.2, 0) is 5.41 Å². The van der Waals surface area contributed by atoms with Crippen molar-refractivity contribution >= 4 is 29.7 Å². The first kappa shape index (κ1) is 16.9. The lowest BCUT2D eigenvalue weighted by Crippen LogP contribution is -2.17. The average Bonchev–Trinajstić information content (AvgIpc) is 2.39. The van der Waals surface area contributed by atoms with Gasteiger partial charge in [-0.2, -0.15) is 0 Å². The molecule has 5 nitrogen and oxygen atoms in total. The van der Waals surface area contributed by atoms with E-state index in [0.717, 1.165) is 5.82 Å². The lowest BCUT2D eigenvalue weighted by atomic mass is 9.96. The second kappa shape index (κ2) is 6.54. The summed E-state index contributed by atoms with van der Waals surface area (Å²) in [6, 6.07) is 6.73. The molecule has 0 spiro atoms. The molecule has 3 N–H and O–H groups in total. The summed E-state index contributed by atoms with van der Waals surface area (Å²) in [6.07, 6.45) is 3.23. The summed E-state index contributed by atoms with van der Waals surface area (Å²) in [7, 11) is 0. The Morgan fingerprint density at radius 2 is 1.62 bits per heavy atom. The molecule has 21 heavy (non-hydrogen) atoms. The zero-order chi connectivity index (χ0) is 14.8. The van der Waals surface area contributed by atoms with E-state index in [1.165, 1.54) is 0 Å². The van der Waals surface area contributed by atoms with Crippen LogP contribution in [0, 0.1) is 0 Å². The van der Waals surface area contributed by atoms with E-state index < -0.39 is 0 Å². The molecule has 1 amide bonds. The molecule has 1 aromatic heterocycles. The molecule has 6 heteroatoms. The maximum atomic E-state index is 12.0. The predicted octanol–water partition coefficient (Wildman–Crippen LogP) is 3.03. The van der Waals surface area contributed by atoms with Crippen LogP contribution >= 0.6 is 12.4 Å². The zero-order valence-corrected chi connectivity index (χ0v) is 13.1. The van der Waals surface area contributed by atoms with Crippen LogP contribution in [0.2, 0.25) is 0 Å². The summed E-state index contributed by atoms with van der Waals surface area (Å²) in [5.74, 6) is 0.528. The summed E-state index contributed by atoms with van der Waals surface area (Å²) in [5, 5.41) is 2.75. The van der Waals surface area contributed by atoms with Gasteiger partial charge >= 0.3 is 0 Å². The number of hydrogen-bond acceptors (Lipinski definition) is 4. The van der Waals surface area contributed by atoms with Crippen LogP contribution in [0.25, 0.3) is 0 Å². The fraction of sp³-hybridized carbons (Fsp3) is 0.267. The number of aromatic nitrogens is 2. The van der Waals surface area contributed by atoms with Gasteiger partial charge in [0.05, 0.1) is 18.1 Å². The van der Waals surface area contributed by atoms with Crippen molar-refractivity contribution < 1.29 is 4.79 Å². The van der Waals surface area contributed by atoms with Gasteiger partial charge in [0, 0.05) is 16.7 Å². The number of nitrogens with zero attached hydrogens (tertiary/aromatic N) is 2. The number of carbonyl (C=O) groups is 1. The maximum Gasteiger partial charge on any atom is 0.255 e. The Kier molecular flexibility index (Phi) is 5.27. The Labute approximate surface area is 130 Å². The summed E-state index contributed by atoms with van der Waals surface area (Å²) in [6.45, 7) is 6.11. The van der Waals surface area contributed by atoms with E-state index in [4.69, 9.17) is 5.73 Å². The molecule has 1 aromatic carbocycles. The van der Waals surface area contributed by atoms with Crippen molar-refractivity contribution in [2.75, 3.05) is 11.1 Å². The molecule has 0 radical (unpaired) electrons. The normalized spacial score (nSPS) is 10.6. The van der Waals surface area contributed by atoms with Gasteiger partial charge in [-0.3, -0.25) is 4.79 Å². The van der Waals surface area contributed by atoms with Crippen LogP contribution < -0.4 is 11.1 Å². The number of halogens is 1. The van der Waals surface area contributed by atoms with E-state index in [1.54, 1.807) is 36.7 Å². The average molecular weight is 307 g/mol. The Bertz CT molecular complexity index is 603. The molecule has 112 valence electrons. The van der Waals surface area contributed by atoms with Crippen molar-refractivity contribution in [3.8, 4) is 0 Å². The van der Waals surface area contributed by atoms with Crippen molar-refractivity contribution in [2.45, 2.75) is 26.2 Å². The quantitative estimate of drug-likeness (QED) is 0.836. The number of nitrogen functional groups attached to an aromatic ring is 1. The Balaban J connectivity index is 0.00000220. The highest BCUT2D eigenvalue weighted by atomic mass is 35.5. The first-order valence-electron chi connectivity index (χ1n) is 6.36. The summed E-state index contributed by atoms with van der Waals surface area (Å²) in [5.41, 5.74) is 7.21. The molecule has 2 aromatic rings. The van der Waals surface area contributed by atoms with Crippen LogP contribution in [0.3, 0.4) is 0 Å². The van der Waals surface area contributed by atoms with Gasteiger partial charge in [0.15, 0.2) is 0 Å². The number of anilines is 2. The minimum absolute atomic E-state index is 0. The third-order valence-corrected chi connectivity index (χ3v) is 2.75. The zero-order valence-electron chi connectivity index (χ0n) is 12.3. The minimum atomic E-state index is -0.211. The van der Waals surface area contributed by atoms with Gasteiger partial charge in [-0.1, -0.05) is 20.8 Å². The molecule has 0 aliphatic rings. The molecule has 1 heterocycles. The van der Waals surface area contributed by atoms with Gasteiger partial charge in [-0.05, 0) is 24.3 Å². The third-order valence-electron chi connectivity index (χ3n) is 2.75. The number of nitrogens with two attached hydrogens (primary N) is 1. The van der Waals surface area contributed by atoms with Crippen molar-refractivity contribution in [1.82, 2.24) is 9.97 Å². The summed E-state index contributed by atoms with van der Waals surface area (Å²) < 4.78 is 0. The number of benzene rings is 1. The van der Waals surface area contributed by atoms with Gasteiger partial charge in [0.1, 0.15) is 5.82 Å². The molecule has 0 bridgehead atoms.